The zero-order valence-corrected chi connectivity index (χ0v) is 15.4. The van der Waals surface area contributed by atoms with E-state index < -0.39 is 0 Å². The van der Waals surface area contributed by atoms with Crippen LogP contribution < -0.4 is 15.1 Å². The number of fused-ring (bicyclic) bond motifs is 1. The number of piperazine rings is 1. The maximum Gasteiger partial charge on any atom is 0.228 e. The summed E-state index contributed by atoms with van der Waals surface area (Å²) in [5.74, 6) is 1.74. The Balaban J connectivity index is 1.68. The lowest BCUT2D eigenvalue weighted by molar-refractivity contribution is -0.880. The number of hydrogen-bond donors (Lipinski definition) is 2. The Morgan fingerprint density at radius 3 is 2.42 bits per heavy atom. The molecule has 4 rings (SSSR count). The van der Waals surface area contributed by atoms with E-state index in [1.165, 1.54) is 5.56 Å². The Morgan fingerprint density at radius 1 is 0.962 bits per heavy atom. The fourth-order valence-electron chi connectivity index (χ4n) is 3.43. The van der Waals surface area contributed by atoms with Crippen molar-refractivity contribution in [1.29, 1.82) is 0 Å². The Kier molecular flexibility index (Phi) is 4.71. The molecule has 1 saturated heterocycles. The molecule has 5 nitrogen and oxygen atoms in total. The van der Waals surface area contributed by atoms with Crippen molar-refractivity contribution in [2.75, 3.05) is 43.4 Å². The molecule has 1 aromatic heterocycles. The van der Waals surface area contributed by atoms with E-state index in [2.05, 4.69) is 60.6 Å². The van der Waals surface area contributed by atoms with E-state index in [0.717, 1.165) is 48.8 Å². The highest BCUT2D eigenvalue weighted by atomic mass is 15.3. The third-order valence-electron chi connectivity index (χ3n) is 5.14. The third-order valence-corrected chi connectivity index (χ3v) is 5.14. The molecule has 0 amide bonds. The van der Waals surface area contributed by atoms with Gasteiger partial charge in [-0.25, -0.2) is 4.98 Å². The summed E-state index contributed by atoms with van der Waals surface area (Å²) in [5, 5.41) is 4.67. The fraction of sp³-hybridized carbons (Fsp3) is 0.333. The molecule has 26 heavy (non-hydrogen) atoms. The summed E-state index contributed by atoms with van der Waals surface area (Å²) in [4.78, 5) is 13.6. The van der Waals surface area contributed by atoms with E-state index in [0.29, 0.717) is 0 Å². The van der Waals surface area contributed by atoms with Crippen molar-refractivity contribution in [3.8, 4) is 0 Å². The molecule has 0 saturated carbocycles. The van der Waals surface area contributed by atoms with Gasteiger partial charge in [-0.2, -0.15) is 4.98 Å². The van der Waals surface area contributed by atoms with Gasteiger partial charge in [-0.15, -0.1) is 0 Å². The molecular weight excluding hydrogens is 322 g/mol. The topological polar surface area (TPSA) is 45.5 Å². The van der Waals surface area contributed by atoms with E-state index in [9.17, 15) is 0 Å². The van der Waals surface area contributed by atoms with Crippen LogP contribution in [-0.2, 0) is 0 Å². The summed E-state index contributed by atoms with van der Waals surface area (Å²) in [6, 6.07) is 18.9. The third kappa shape index (κ3) is 3.48. The number of anilines is 2. The number of quaternary nitrogens is 1. The molecule has 0 unspecified atom stereocenters. The van der Waals surface area contributed by atoms with Gasteiger partial charge in [0.1, 0.15) is 5.82 Å². The SMILES string of the molecule is C[C@H](Nc1nc(N2CC[NH+](C)CC2)nc2ccccc12)c1ccccc1. The first kappa shape index (κ1) is 16.8. The van der Waals surface area contributed by atoms with E-state index >= 15 is 0 Å². The minimum atomic E-state index is 0.180. The van der Waals surface area contributed by atoms with Gasteiger partial charge in [0.05, 0.1) is 38.7 Å². The number of rotatable bonds is 4. The second-order valence-electron chi connectivity index (χ2n) is 7.11. The van der Waals surface area contributed by atoms with Crippen molar-refractivity contribution in [3.05, 3.63) is 60.2 Å². The number of nitrogens with zero attached hydrogens (tertiary/aromatic N) is 3. The Labute approximate surface area is 154 Å². The quantitative estimate of drug-likeness (QED) is 0.758. The largest absolute Gasteiger partial charge is 0.363 e. The van der Waals surface area contributed by atoms with Crippen LogP contribution in [0.5, 0.6) is 0 Å². The van der Waals surface area contributed by atoms with E-state index in [1.807, 2.05) is 18.2 Å². The van der Waals surface area contributed by atoms with Crippen LogP contribution >= 0.6 is 0 Å². The van der Waals surface area contributed by atoms with Gasteiger partial charge >= 0.3 is 0 Å². The molecule has 134 valence electrons. The predicted molar refractivity (Wildman–Crippen MR) is 107 cm³/mol. The standard InChI is InChI=1S/C21H25N5/c1-16(17-8-4-3-5-9-17)22-20-18-10-6-7-11-19(18)23-21(24-20)26-14-12-25(2)13-15-26/h3-11,16H,12-15H2,1-2H3,(H,22,23,24)/p+1/t16-/m0/s1. The number of nitrogens with one attached hydrogen (secondary N) is 2. The van der Waals surface area contributed by atoms with Gasteiger partial charge in [0, 0.05) is 11.4 Å². The lowest BCUT2D eigenvalue weighted by atomic mass is 10.1. The van der Waals surface area contributed by atoms with Gasteiger partial charge in [0.15, 0.2) is 0 Å². The molecule has 2 aromatic carbocycles. The first-order chi connectivity index (χ1) is 12.7. The normalized spacial score (nSPS) is 16.6. The molecule has 0 bridgehead atoms. The fourth-order valence-corrected chi connectivity index (χ4v) is 3.43. The Morgan fingerprint density at radius 2 is 1.65 bits per heavy atom. The second kappa shape index (κ2) is 7.30. The second-order valence-corrected chi connectivity index (χ2v) is 7.11. The summed E-state index contributed by atoms with van der Waals surface area (Å²) in [6.07, 6.45) is 0. The first-order valence-corrected chi connectivity index (χ1v) is 9.35. The van der Waals surface area contributed by atoms with Gasteiger partial charge in [0.25, 0.3) is 0 Å². The molecule has 2 N–H and O–H groups in total. The first-order valence-electron chi connectivity index (χ1n) is 9.35. The van der Waals surface area contributed by atoms with Crippen LogP contribution in [0.25, 0.3) is 10.9 Å². The zero-order chi connectivity index (χ0) is 17.9. The zero-order valence-electron chi connectivity index (χ0n) is 15.4. The molecule has 5 heteroatoms. The van der Waals surface area contributed by atoms with Gasteiger partial charge in [-0.1, -0.05) is 42.5 Å². The molecular formula is C21H26N5+. The van der Waals surface area contributed by atoms with Crippen molar-refractivity contribution in [3.63, 3.8) is 0 Å². The van der Waals surface area contributed by atoms with Crippen LogP contribution in [0.3, 0.4) is 0 Å². The highest BCUT2D eigenvalue weighted by Gasteiger charge is 2.21. The molecule has 0 aliphatic carbocycles. The molecule has 1 fully saturated rings. The van der Waals surface area contributed by atoms with Gasteiger partial charge in [0.2, 0.25) is 5.95 Å². The highest BCUT2D eigenvalue weighted by Crippen LogP contribution is 2.27. The Hall–Kier alpha value is -2.66. The molecule has 0 radical (unpaired) electrons. The number of benzene rings is 2. The minimum absolute atomic E-state index is 0.180. The number of aromatic nitrogens is 2. The monoisotopic (exact) mass is 348 g/mol. The maximum absolute atomic E-state index is 4.91. The molecule has 2 heterocycles. The summed E-state index contributed by atoms with van der Waals surface area (Å²) in [7, 11) is 2.24. The van der Waals surface area contributed by atoms with Crippen molar-refractivity contribution < 1.29 is 4.90 Å². The van der Waals surface area contributed by atoms with Crippen molar-refractivity contribution >= 4 is 22.7 Å². The van der Waals surface area contributed by atoms with Crippen LogP contribution in [0.4, 0.5) is 11.8 Å². The smallest absolute Gasteiger partial charge is 0.228 e. The van der Waals surface area contributed by atoms with E-state index in [-0.39, 0.29) is 6.04 Å². The summed E-state index contributed by atoms with van der Waals surface area (Å²) >= 11 is 0. The lowest BCUT2D eigenvalue weighted by Gasteiger charge is -2.30. The van der Waals surface area contributed by atoms with Gasteiger partial charge < -0.3 is 15.1 Å². The number of hydrogen-bond acceptors (Lipinski definition) is 4. The van der Waals surface area contributed by atoms with Crippen LogP contribution in [0, 0.1) is 0 Å². The van der Waals surface area contributed by atoms with E-state index in [1.54, 1.807) is 4.90 Å². The summed E-state index contributed by atoms with van der Waals surface area (Å²) < 4.78 is 0. The lowest BCUT2D eigenvalue weighted by Crippen LogP contribution is -3.12. The van der Waals surface area contributed by atoms with Crippen molar-refractivity contribution in [2.45, 2.75) is 13.0 Å². The Bertz CT molecular complexity index is 872. The molecule has 3 aromatic rings. The van der Waals surface area contributed by atoms with Gasteiger partial charge in [-0.3, -0.25) is 0 Å². The van der Waals surface area contributed by atoms with Crippen LogP contribution in [-0.4, -0.2) is 43.2 Å². The summed E-state index contributed by atoms with van der Waals surface area (Å²) in [5.41, 5.74) is 2.24. The van der Waals surface area contributed by atoms with Crippen molar-refractivity contribution in [1.82, 2.24) is 9.97 Å². The average molecular weight is 348 g/mol. The summed E-state index contributed by atoms with van der Waals surface area (Å²) in [6.45, 7) is 6.42. The number of para-hydroxylation sites is 1. The maximum atomic E-state index is 4.91. The highest BCUT2D eigenvalue weighted by molar-refractivity contribution is 5.90. The van der Waals surface area contributed by atoms with E-state index in [4.69, 9.17) is 9.97 Å². The average Bonchev–Trinajstić information content (AvgIpc) is 2.69. The van der Waals surface area contributed by atoms with Crippen LogP contribution in [0.2, 0.25) is 0 Å². The molecule has 1 atom stereocenters. The molecule has 0 spiro atoms. The minimum Gasteiger partial charge on any atom is -0.363 e. The number of likely N-dealkylation sites (N-methyl/N-ethyl adjacent to an activating group) is 1. The molecule has 1 aliphatic heterocycles. The van der Waals surface area contributed by atoms with Gasteiger partial charge in [-0.05, 0) is 24.6 Å². The van der Waals surface area contributed by atoms with Crippen LogP contribution in [0.15, 0.2) is 54.6 Å². The predicted octanol–water partition coefficient (Wildman–Crippen LogP) is 2.14. The van der Waals surface area contributed by atoms with Crippen molar-refractivity contribution in [2.24, 2.45) is 0 Å². The molecule has 1 aliphatic rings. The van der Waals surface area contributed by atoms with Crippen LogP contribution in [0.1, 0.15) is 18.5 Å².